The largest absolute Gasteiger partial charge is 0.478 e. The summed E-state index contributed by atoms with van der Waals surface area (Å²) in [5.74, 6) is -1.04. The van der Waals surface area contributed by atoms with Crippen LogP contribution in [0.1, 0.15) is 28.8 Å². The summed E-state index contributed by atoms with van der Waals surface area (Å²) in [6.45, 7) is 1.26. The van der Waals surface area contributed by atoms with E-state index in [9.17, 15) is 19.5 Å². The lowest BCUT2D eigenvalue weighted by Gasteiger charge is -2.15. The average Bonchev–Trinajstić information content (AvgIpc) is 3.18. The highest BCUT2D eigenvalue weighted by Crippen LogP contribution is 2.33. The third-order valence-electron chi connectivity index (χ3n) is 5.51. The SMILES string of the molecule is O=C(CN1CCCC1=O)NCCc1cccc2ccc(Sc3ccccc3C(=O)O)cc12. The maximum atomic E-state index is 12.2. The van der Waals surface area contributed by atoms with Crippen molar-refractivity contribution in [2.75, 3.05) is 19.6 Å². The molecule has 3 aromatic rings. The molecule has 2 N–H and O–H groups in total. The molecule has 1 aliphatic rings. The van der Waals surface area contributed by atoms with E-state index < -0.39 is 5.97 Å². The molecule has 0 atom stereocenters. The lowest BCUT2D eigenvalue weighted by atomic mass is 10.0. The van der Waals surface area contributed by atoms with Crippen molar-refractivity contribution in [2.45, 2.75) is 29.1 Å². The van der Waals surface area contributed by atoms with Crippen LogP contribution in [0.4, 0.5) is 0 Å². The molecule has 0 spiro atoms. The number of carbonyl (C=O) groups is 3. The zero-order valence-corrected chi connectivity index (χ0v) is 18.4. The molecule has 1 saturated heterocycles. The van der Waals surface area contributed by atoms with Gasteiger partial charge in [0.1, 0.15) is 0 Å². The minimum atomic E-state index is -0.944. The Morgan fingerprint density at radius 1 is 1.06 bits per heavy atom. The Bertz CT molecular complexity index is 1180. The second-order valence-electron chi connectivity index (χ2n) is 7.72. The fourth-order valence-electron chi connectivity index (χ4n) is 3.89. The molecule has 1 fully saturated rings. The van der Waals surface area contributed by atoms with Crippen LogP contribution in [-0.4, -0.2) is 47.4 Å². The van der Waals surface area contributed by atoms with E-state index in [1.807, 2.05) is 42.5 Å². The molecule has 1 heterocycles. The summed E-state index contributed by atoms with van der Waals surface area (Å²) >= 11 is 1.42. The van der Waals surface area contributed by atoms with Crippen LogP contribution >= 0.6 is 11.8 Å². The van der Waals surface area contributed by atoms with Crippen molar-refractivity contribution in [1.29, 1.82) is 0 Å². The molecule has 0 aliphatic carbocycles. The van der Waals surface area contributed by atoms with Crippen molar-refractivity contribution in [2.24, 2.45) is 0 Å². The number of hydrogen-bond donors (Lipinski definition) is 2. The highest BCUT2D eigenvalue weighted by atomic mass is 32.2. The molecule has 0 bridgehead atoms. The van der Waals surface area contributed by atoms with Gasteiger partial charge in [0.05, 0.1) is 12.1 Å². The summed E-state index contributed by atoms with van der Waals surface area (Å²) in [6.07, 6.45) is 2.01. The van der Waals surface area contributed by atoms with Gasteiger partial charge in [-0.25, -0.2) is 4.79 Å². The van der Waals surface area contributed by atoms with E-state index in [-0.39, 0.29) is 23.9 Å². The van der Waals surface area contributed by atoms with Gasteiger partial charge < -0.3 is 15.3 Å². The van der Waals surface area contributed by atoms with Crippen LogP contribution < -0.4 is 5.32 Å². The monoisotopic (exact) mass is 448 g/mol. The van der Waals surface area contributed by atoms with Crippen LogP contribution in [0.25, 0.3) is 10.8 Å². The van der Waals surface area contributed by atoms with Gasteiger partial charge in [0, 0.05) is 29.3 Å². The molecule has 7 heteroatoms. The smallest absolute Gasteiger partial charge is 0.336 e. The average molecular weight is 449 g/mol. The molecule has 0 aromatic heterocycles. The second kappa shape index (κ2) is 9.87. The van der Waals surface area contributed by atoms with E-state index in [0.717, 1.165) is 27.7 Å². The minimum Gasteiger partial charge on any atom is -0.478 e. The molecule has 2 amide bonds. The number of amides is 2. The molecule has 4 rings (SSSR count). The molecule has 32 heavy (non-hydrogen) atoms. The molecule has 164 valence electrons. The summed E-state index contributed by atoms with van der Waals surface area (Å²) in [4.78, 5) is 38.6. The van der Waals surface area contributed by atoms with Gasteiger partial charge in [0.2, 0.25) is 11.8 Å². The summed E-state index contributed by atoms with van der Waals surface area (Å²) < 4.78 is 0. The third kappa shape index (κ3) is 5.11. The van der Waals surface area contributed by atoms with E-state index in [1.54, 1.807) is 17.0 Å². The first-order valence-electron chi connectivity index (χ1n) is 10.6. The zero-order valence-electron chi connectivity index (χ0n) is 17.5. The fourth-order valence-corrected chi connectivity index (χ4v) is 4.87. The Hall–Kier alpha value is -3.32. The van der Waals surface area contributed by atoms with Gasteiger partial charge in [-0.3, -0.25) is 9.59 Å². The van der Waals surface area contributed by atoms with Crippen molar-refractivity contribution in [3.63, 3.8) is 0 Å². The first-order valence-corrected chi connectivity index (χ1v) is 11.4. The second-order valence-corrected chi connectivity index (χ2v) is 8.84. The maximum absolute atomic E-state index is 12.2. The summed E-state index contributed by atoms with van der Waals surface area (Å²) in [5, 5.41) is 14.5. The zero-order chi connectivity index (χ0) is 22.5. The molecule has 0 saturated carbocycles. The lowest BCUT2D eigenvalue weighted by molar-refractivity contribution is -0.133. The van der Waals surface area contributed by atoms with Gasteiger partial charge in [0.25, 0.3) is 0 Å². The Morgan fingerprint density at radius 2 is 1.91 bits per heavy atom. The third-order valence-corrected chi connectivity index (χ3v) is 6.58. The highest BCUT2D eigenvalue weighted by Gasteiger charge is 2.22. The van der Waals surface area contributed by atoms with E-state index >= 15 is 0 Å². The van der Waals surface area contributed by atoms with Crippen molar-refractivity contribution in [3.8, 4) is 0 Å². The molecule has 3 aromatic carbocycles. The number of carboxylic acid groups (broad SMARTS) is 1. The van der Waals surface area contributed by atoms with Gasteiger partial charge >= 0.3 is 5.97 Å². The summed E-state index contributed by atoms with van der Waals surface area (Å²) in [5.41, 5.74) is 1.39. The van der Waals surface area contributed by atoms with Crippen molar-refractivity contribution < 1.29 is 19.5 Å². The minimum absolute atomic E-state index is 0.0451. The first-order chi connectivity index (χ1) is 15.5. The van der Waals surface area contributed by atoms with E-state index in [2.05, 4.69) is 11.4 Å². The number of aromatic carboxylic acids is 1. The standard InChI is InChI=1S/C25H24N2O4S/c28-23(16-27-14-4-9-24(27)29)26-13-12-18-6-3-5-17-10-11-19(15-21(17)18)32-22-8-2-1-7-20(22)25(30)31/h1-3,5-8,10-11,15H,4,9,12-14,16H2,(H,26,28)(H,30,31). The molecule has 0 unspecified atom stereocenters. The van der Waals surface area contributed by atoms with Crippen LogP contribution in [0.3, 0.4) is 0 Å². The molecule has 0 radical (unpaired) electrons. The number of carbonyl (C=O) groups excluding carboxylic acids is 2. The van der Waals surface area contributed by atoms with Gasteiger partial charge in [-0.2, -0.15) is 0 Å². The number of rotatable bonds is 8. The predicted octanol–water partition coefficient (Wildman–Crippen LogP) is 3.97. The van der Waals surface area contributed by atoms with E-state index in [1.165, 1.54) is 11.8 Å². The van der Waals surface area contributed by atoms with Crippen molar-refractivity contribution in [1.82, 2.24) is 10.2 Å². The van der Waals surface area contributed by atoms with Crippen LogP contribution in [0.2, 0.25) is 0 Å². The number of hydrogen-bond acceptors (Lipinski definition) is 4. The maximum Gasteiger partial charge on any atom is 0.336 e. The molecular weight excluding hydrogens is 424 g/mol. The van der Waals surface area contributed by atoms with Gasteiger partial charge in [-0.05, 0) is 53.4 Å². The molecular formula is C25H24N2O4S. The first kappa shape index (κ1) is 21.9. The fraction of sp³-hybridized carbons (Fsp3) is 0.240. The Kier molecular flexibility index (Phi) is 6.75. The number of fused-ring (bicyclic) bond motifs is 1. The number of likely N-dealkylation sites (tertiary alicyclic amines) is 1. The normalized spacial score (nSPS) is 13.5. The predicted molar refractivity (Wildman–Crippen MR) is 124 cm³/mol. The highest BCUT2D eigenvalue weighted by molar-refractivity contribution is 7.99. The number of nitrogens with zero attached hydrogens (tertiary/aromatic N) is 1. The van der Waals surface area contributed by atoms with Crippen LogP contribution in [0.15, 0.2) is 70.5 Å². The summed E-state index contributed by atoms with van der Waals surface area (Å²) in [6, 6.07) is 19.1. The number of nitrogens with one attached hydrogen (secondary N) is 1. The Morgan fingerprint density at radius 3 is 2.69 bits per heavy atom. The van der Waals surface area contributed by atoms with Crippen molar-refractivity contribution >= 4 is 40.3 Å². The molecule has 1 aliphatic heterocycles. The topological polar surface area (TPSA) is 86.7 Å². The van der Waals surface area contributed by atoms with Crippen LogP contribution in [0, 0.1) is 0 Å². The Labute approximate surface area is 190 Å². The Balaban J connectivity index is 1.45. The quantitative estimate of drug-likeness (QED) is 0.545. The van der Waals surface area contributed by atoms with Crippen LogP contribution in [-0.2, 0) is 16.0 Å². The van der Waals surface area contributed by atoms with E-state index in [0.29, 0.717) is 30.8 Å². The van der Waals surface area contributed by atoms with Crippen molar-refractivity contribution in [3.05, 3.63) is 71.8 Å². The van der Waals surface area contributed by atoms with Gasteiger partial charge in [-0.15, -0.1) is 0 Å². The van der Waals surface area contributed by atoms with Gasteiger partial charge in [0.15, 0.2) is 0 Å². The molecule has 6 nitrogen and oxygen atoms in total. The summed E-state index contributed by atoms with van der Waals surface area (Å²) in [7, 11) is 0. The lowest BCUT2D eigenvalue weighted by Crippen LogP contribution is -2.38. The number of benzene rings is 3. The van der Waals surface area contributed by atoms with Crippen LogP contribution in [0.5, 0.6) is 0 Å². The number of carboxylic acids is 1. The van der Waals surface area contributed by atoms with Gasteiger partial charge in [-0.1, -0.05) is 48.2 Å². The van der Waals surface area contributed by atoms with E-state index in [4.69, 9.17) is 0 Å².